The fourth-order valence-electron chi connectivity index (χ4n) is 2.57. The summed E-state index contributed by atoms with van der Waals surface area (Å²) in [6, 6.07) is 1.82. The van der Waals surface area contributed by atoms with E-state index in [2.05, 4.69) is 0 Å². The van der Waals surface area contributed by atoms with Crippen LogP contribution in [0.2, 0.25) is 0 Å². The third-order valence-corrected chi connectivity index (χ3v) is 3.28. The van der Waals surface area contributed by atoms with E-state index in [-0.39, 0.29) is 11.1 Å². The van der Waals surface area contributed by atoms with Gasteiger partial charge in [-0.2, -0.15) is 0 Å². The number of carbonyl (C=O) groups is 2. The second-order valence-corrected chi connectivity index (χ2v) is 4.40. The van der Waals surface area contributed by atoms with Gasteiger partial charge in [0.2, 0.25) is 0 Å². The molecule has 0 atom stereocenters. The van der Waals surface area contributed by atoms with Crippen molar-refractivity contribution in [2.24, 2.45) is 0 Å². The van der Waals surface area contributed by atoms with Crippen molar-refractivity contribution in [2.75, 3.05) is 0 Å². The minimum Gasteiger partial charge on any atom is -0.478 e. The minimum atomic E-state index is -1.16. The largest absolute Gasteiger partial charge is 0.478 e. The average molecular weight is 234 g/mol. The Morgan fingerprint density at radius 2 is 1.65 bits per heavy atom. The monoisotopic (exact) mass is 234 g/mol. The Morgan fingerprint density at radius 3 is 2.24 bits per heavy atom. The molecule has 0 fully saturated rings. The quantitative estimate of drug-likeness (QED) is 0.823. The molecule has 2 N–H and O–H groups in total. The Bertz CT molecular complexity index is 503. The predicted molar refractivity (Wildman–Crippen MR) is 61.7 cm³/mol. The van der Waals surface area contributed by atoms with Gasteiger partial charge in [-0.15, -0.1) is 0 Å². The highest BCUT2D eigenvalue weighted by atomic mass is 16.4. The Morgan fingerprint density at radius 1 is 1.06 bits per heavy atom. The highest BCUT2D eigenvalue weighted by molar-refractivity contribution is 6.04. The van der Waals surface area contributed by atoms with Gasteiger partial charge in [-0.25, -0.2) is 9.59 Å². The zero-order chi connectivity index (χ0) is 12.6. The van der Waals surface area contributed by atoms with E-state index in [0.717, 1.165) is 24.8 Å². The van der Waals surface area contributed by atoms with Gasteiger partial charge in [0.1, 0.15) is 0 Å². The van der Waals surface area contributed by atoms with Gasteiger partial charge >= 0.3 is 11.9 Å². The van der Waals surface area contributed by atoms with Gasteiger partial charge < -0.3 is 10.2 Å². The third-order valence-electron chi connectivity index (χ3n) is 3.28. The Balaban J connectivity index is 2.76. The number of hydrogen-bond acceptors (Lipinski definition) is 2. The Labute approximate surface area is 98.9 Å². The van der Waals surface area contributed by atoms with Crippen molar-refractivity contribution >= 4 is 11.9 Å². The average Bonchev–Trinajstić information content (AvgIpc) is 2.26. The number of aryl methyl sites for hydroxylation is 2. The lowest BCUT2D eigenvalue weighted by Crippen LogP contribution is -2.17. The van der Waals surface area contributed by atoms with Crippen LogP contribution in [0.5, 0.6) is 0 Å². The Hall–Kier alpha value is -1.84. The summed E-state index contributed by atoms with van der Waals surface area (Å²) in [5.41, 5.74) is 2.18. The fourth-order valence-corrected chi connectivity index (χ4v) is 2.57. The number of fused-ring (bicyclic) bond motifs is 1. The maximum Gasteiger partial charge on any atom is 0.336 e. The van der Waals surface area contributed by atoms with Gasteiger partial charge in [0.25, 0.3) is 0 Å². The first-order chi connectivity index (χ1) is 8.02. The maximum atomic E-state index is 11.3. The van der Waals surface area contributed by atoms with Crippen LogP contribution in [0.3, 0.4) is 0 Å². The molecule has 0 aliphatic heterocycles. The fraction of sp³-hybridized carbons (Fsp3) is 0.385. The van der Waals surface area contributed by atoms with Crippen LogP contribution >= 0.6 is 0 Å². The van der Waals surface area contributed by atoms with Crippen molar-refractivity contribution in [3.63, 3.8) is 0 Å². The van der Waals surface area contributed by atoms with Gasteiger partial charge in [0.05, 0.1) is 11.1 Å². The van der Waals surface area contributed by atoms with Crippen molar-refractivity contribution in [2.45, 2.75) is 32.6 Å². The maximum absolute atomic E-state index is 11.3. The van der Waals surface area contributed by atoms with Crippen LogP contribution in [0.1, 0.15) is 50.2 Å². The summed E-state index contributed by atoms with van der Waals surface area (Å²) < 4.78 is 0. The molecule has 0 bridgehead atoms. The number of aromatic carboxylic acids is 2. The summed E-state index contributed by atoms with van der Waals surface area (Å²) in [5.74, 6) is -2.29. The summed E-state index contributed by atoms with van der Waals surface area (Å²) >= 11 is 0. The van der Waals surface area contributed by atoms with E-state index in [4.69, 9.17) is 5.11 Å². The van der Waals surface area contributed by atoms with Gasteiger partial charge in [0.15, 0.2) is 0 Å². The lowest BCUT2D eigenvalue weighted by molar-refractivity contribution is 0.0649. The summed E-state index contributed by atoms with van der Waals surface area (Å²) in [5, 5.41) is 18.4. The molecule has 17 heavy (non-hydrogen) atoms. The standard InChI is InChI=1S/C13H14O4/c1-7-6-8-4-2-3-5-9(8)11(13(16)17)10(7)12(14)15/h6H,2-5H2,1H3,(H,14,15)(H,16,17). The first-order valence-corrected chi connectivity index (χ1v) is 5.64. The molecule has 1 aromatic carbocycles. The zero-order valence-electron chi connectivity index (χ0n) is 9.62. The molecule has 1 aliphatic rings. The van der Waals surface area contributed by atoms with E-state index < -0.39 is 11.9 Å². The van der Waals surface area contributed by atoms with Crippen LogP contribution in [0.4, 0.5) is 0 Å². The lowest BCUT2D eigenvalue weighted by atomic mass is 9.84. The molecule has 0 amide bonds. The number of rotatable bonds is 2. The lowest BCUT2D eigenvalue weighted by Gasteiger charge is -2.20. The first-order valence-electron chi connectivity index (χ1n) is 5.64. The van der Waals surface area contributed by atoms with Crippen LogP contribution in [-0.2, 0) is 12.8 Å². The zero-order valence-corrected chi connectivity index (χ0v) is 9.62. The van der Waals surface area contributed by atoms with Crippen LogP contribution in [0, 0.1) is 6.92 Å². The number of benzene rings is 1. The molecular weight excluding hydrogens is 220 g/mol. The van der Waals surface area contributed by atoms with Crippen LogP contribution < -0.4 is 0 Å². The van der Waals surface area contributed by atoms with Crippen molar-refractivity contribution < 1.29 is 19.8 Å². The van der Waals surface area contributed by atoms with E-state index >= 15 is 0 Å². The smallest absolute Gasteiger partial charge is 0.336 e. The van der Waals surface area contributed by atoms with Crippen molar-refractivity contribution in [1.82, 2.24) is 0 Å². The third kappa shape index (κ3) is 1.90. The summed E-state index contributed by atoms with van der Waals surface area (Å²) in [6.07, 6.45) is 3.47. The summed E-state index contributed by atoms with van der Waals surface area (Å²) in [4.78, 5) is 22.5. The molecule has 4 heteroatoms. The second-order valence-electron chi connectivity index (χ2n) is 4.40. The molecule has 0 radical (unpaired) electrons. The number of hydrogen-bond donors (Lipinski definition) is 2. The van der Waals surface area contributed by atoms with Crippen LogP contribution in [0.15, 0.2) is 6.07 Å². The normalized spacial score (nSPS) is 14.2. The molecule has 1 aromatic rings. The SMILES string of the molecule is Cc1cc2c(c(C(=O)O)c1C(=O)O)CCCC2. The van der Waals surface area contributed by atoms with Crippen molar-refractivity contribution in [1.29, 1.82) is 0 Å². The molecule has 0 spiro atoms. The molecule has 0 saturated carbocycles. The number of carboxylic acid groups (broad SMARTS) is 2. The van der Waals surface area contributed by atoms with Gasteiger partial charge in [-0.05, 0) is 49.3 Å². The van der Waals surface area contributed by atoms with E-state index in [1.165, 1.54) is 0 Å². The van der Waals surface area contributed by atoms with E-state index in [1.807, 2.05) is 6.07 Å². The molecule has 90 valence electrons. The minimum absolute atomic E-state index is 0.00722. The first kappa shape index (κ1) is 11.6. The molecule has 0 aromatic heterocycles. The molecule has 0 heterocycles. The van der Waals surface area contributed by atoms with Crippen molar-refractivity contribution in [3.8, 4) is 0 Å². The molecule has 4 nitrogen and oxygen atoms in total. The molecule has 2 rings (SSSR count). The second kappa shape index (κ2) is 4.20. The Kier molecular flexibility index (Phi) is 2.88. The van der Waals surface area contributed by atoms with Crippen LogP contribution in [0.25, 0.3) is 0 Å². The van der Waals surface area contributed by atoms with E-state index in [0.29, 0.717) is 17.5 Å². The summed E-state index contributed by atoms with van der Waals surface area (Å²) in [6.45, 7) is 1.66. The highest BCUT2D eigenvalue weighted by Gasteiger charge is 2.26. The molecular formula is C13H14O4. The molecule has 0 unspecified atom stereocenters. The van der Waals surface area contributed by atoms with Crippen LogP contribution in [-0.4, -0.2) is 22.2 Å². The topological polar surface area (TPSA) is 74.6 Å². The van der Waals surface area contributed by atoms with Gasteiger partial charge in [-0.1, -0.05) is 6.07 Å². The number of carboxylic acids is 2. The molecule has 1 aliphatic carbocycles. The van der Waals surface area contributed by atoms with Crippen molar-refractivity contribution in [3.05, 3.63) is 33.9 Å². The van der Waals surface area contributed by atoms with E-state index in [9.17, 15) is 14.7 Å². The predicted octanol–water partition coefficient (Wildman–Crippen LogP) is 2.27. The molecule has 0 saturated heterocycles. The van der Waals surface area contributed by atoms with Gasteiger partial charge in [-0.3, -0.25) is 0 Å². The van der Waals surface area contributed by atoms with E-state index in [1.54, 1.807) is 6.92 Å². The summed E-state index contributed by atoms with van der Waals surface area (Å²) in [7, 11) is 0. The highest BCUT2D eigenvalue weighted by Crippen LogP contribution is 2.29. The van der Waals surface area contributed by atoms with Gasteiger partial charge in [0, 0.05) is 0 Å².